The van der Waals surface area contributed by atoms with Crippen molar-refractivity contribution in [2.45, 2.75) is 12.4 Å². The van der Waals surface area contributed by atoms with Gasteiger partial charge in [0.1, 0.15) is 5.75 Å². The second kappa shape index (κ2) is 10.2. The minimum absolute atomic E-state index is 0.0255. The zero-order valence-corrected chi connectivity index (χ0v) is 18.5. The Labute approximate surface area is 200 Å². The van der Waals surface area contributed by atoms with E-state index in [1.54, 1.807) is 18.2 Å². The van der Waals surface area contributed by atoms with Crippen LogP contribution in [0.4, 0.5) is 37.7 Å². The van der Waals surface area contributed by atoms with Gasteiger partial charge in [0.05, 0.1) is 16.7 Å². The zero-order chi connectivity index (χ0) is 25.8. The van der Waals surface area contributed by atoms with E-state index in [0.29, 0.717) is 29.1 Å². The summed E-state index contributed by atoms with van der Waals surface area (Å²) in [5.41, 5.74) is -2.76. The van der Waals surface area contributed by atoms with Crippen LogP contribution in [-0.2, 0) is 12.4 Å². The molecule has 1 amide bonds. The number of thiocarbonyl (C=S) groups is 1. The lowest BCUT2D eigenvalue weighted by Crippen LogP contribution is -2.20. The number of carbonyl (C=O) groups excluding carboxylic acids is 1. The number of carbonyl (C=O) groups is 1. The largest absolute Gasteiger partial charge is 0.439 e. The van der Waals surface area contributed by atoms with Gasteiger partial charge in [-0.25, -0.2) is 4.98 Å². The van der Waals surface area contributed by atoms with E-state index in [1.165, 1.54) is 31.4 Å². The van der Waals surface area contributed by atoms with Gasteiger partial charge in [-0.05, 0) is 48.6 Å². The highest BCUT2D eigenvalue weighted by molar-refractivity contribution is 7.80. The monoisotopic (exact) mass is 514 g/mol. The number of halogens is 6. The summed E-state index contributed by atoms with van der Waals surface area (Å²) in [7, 11) is 1.48. The molecule has 0 saturated carbocycles. The molecule has 6 nitrogen and oxygen atoms in total. The van der Waals surface area contributed by atoms with Gasteiger partial charge in [0.25, 0.3) is 5.91 Å². The normalized spacial score (nSPS) is 11.5. The number of nitrogens with zero attached hydrogens (tertiary/aromatic N) is 1. The Bertz CT molecular complexity index is 1200. The number of anilines is 2. The molecule has 0 unspecified atom stereocenters. The quantitative estimate of drug-likeness (QED) is 0.283. The molecule has 3 aromatic rings. The summed E-state index contributed by atoms with van der Waals surface area (Å²) in [6.07, 6.45) is -8.64. The summed E-state index contributed by atoms with van der Waals surface area (Å²) >= 11 is 5.04. The Morgan fingerprint density at radius 1 is 0.886 bits per heavy atom. The van der Waals surface area contributed by atoms with E-state index in [0.717, 1.165) is 0 Å². The molecule has 2 aromatic carbocycles. The number of nitrogens with one attached hydrogen (secondary N) is 3. The summed E-state index contributed by atoms with van der Waals surface area (Å²) in [6.45, 7) is 0. The van der Waals surface area contributed by atoms with Crippen molar-refractivity contribution in [3.8, 4) is 11.6 Å². The maximum Gasteiger partial charge on any atom is 0.416 e. The lowest BCUT2D eigenvalue weighted by Gasteiger charge is -2.16. The average Bonchev–Trinajstić information content (AvgIpc) is 2.78. The second-order valence-corrected chi connectivity index (χ2v) is 7.38. The van der Waals surface area contributed by atoms with Crippen LogP contribution in [0.2, 0.25) is 0 Å². The van der Waals surface area contributed by atoms with Crippen molar-refractivity contribution >= 4 is 34.6 Å². The number of rotatable bonds is 5. The third kappa shape index (κ3) is 7.06. The molecule has 0 saturated heterocycles. The highest BCUT2D eigenvalue weighted by atomic mass is 32.1. The SMILES string of the molecule is CNC(=O)c1ccc(Oc2cccc(NC(=S)Nc3cc(C(F)(F)F)cc(C(F)(F)F)c3)c2)nc1. The van der Waals surface area contributed by atoms with Crippen LogP contribution in [0.3, 0.4) is 0 Å². The third-order valence-electron chi connectivity index (χ3n) is 4.39. The Hall–Kier alpha value is -3.87. The van der Waals surface area contributed by atoms with Gasteiger partial charge >= 0.3 is 12.4 Å². The molecule has 0 aliphatic carbocycles. The first-order valence-electron chi connectivity index (χ1n) is 9.68. The van der Waals surface area contributed by atoms with E-state index in [1.807, 2.05) is 0 Å². The fraction of sp³-hybridized carbons (Fsp3) is 0.136. The van der Waals surface area contributed by atoms with Crippen LogP contribution < -0.4 is 20.7 Å². The number of aromatic nitrogens is 1. The fourth-order valence-electron chi connectivity index (χ4n) is 2.80. The van der Waals surface area contributed by atoms with E-state index in [4.69, 9.17) is 17.0 Å². The van der Waals surface area contributed by atoms with Crippen LogP contribution in [0.15, 0.2) is 60.8 Å². The Morgan fingerprint density at radius 2 is 1.51 bits per heavy atom. The van der Waals surface area contributed by atoms with Crippen molar-refractivity contribution in [1.82, 2.24) is 10.3 Å². The molecule has 3 rings (SSSR count). The van der Waals surface area contributed by atoms with Crippen molar-refractivity contribution < 1.29 is 35.9 Å². The van der Waals surface area contributed by atoms with Crippen molar-refractivity contribution in [2.24, 2.45) is 0 Å². The van der Waals surface area contributed by atoms with Crippen molar-refractivity contribution in [1.29, 1.82) is 0 Å². The molecule has 1 heterocycles. The first kappa shape index (κ1) is 25.7. The maximum absolute atomic E-state index is 13.0. The Morgan fingerprint density at radius 3 is 2.06 bits per heavy atom. The van der Waals surface area contributed by atoms with Crippen LogP contribution in [-0.4, -0.2) is 23.1 Å². The molecule has 1 aromatic heterocycles. The smallest absolute Gasteiger partial charge is 0.416 e. The summed E-state index contributed by atoms with van der Waals surface area (Å²) in [4.78, 5) is 15.6. The van der Waals surface area contributed by atoms with Gasteiger partial charge in [-0.1, -0.05) is 6.07 Å². The van der Waals surface area contributed by atoms with Gasteiger partial charge in [-0.2, -0.15) is 26.3 Å². The van der Waals surface area contributed by atoms with E-state index in [2.05, 4.69) is 20.9 Å². The van der Waals surface area contributed by atoms with E-state index < -0.39 is 29.2 Å². The predicted octanol–water partition coefficient (Wildman–Crippen LogP) is 6.08. The molecule has 3 N–H and O–H groups in total. The van der Waals surface area contributed by atoms with Crippen molar-refractivity contribution in [3.63, 3.8) is 0 Å². The van der Waals surface area contributed by atoms with Crippen LogP contribution in [0.5, 0.6) is 11.6 Å². The average molecular weight is 514 g/mol. The standard InChI is InChI=1S/C22H16F6N4O2S/c1-29-19(33)12-5-6-18(30-11-12)34-17-4-2-3-15(10-17)31-20(35)32-16-8-13(21(23,24)25)7-14(9-16)22(26,27)28/h2-11H,1H3,(H,29,33)(H2,31,32,35). The Balaban J connectivity index is 1.72. The molecule has 0 aliphatic heterocycles. The lowest BCUT2D eigenvalue weighted by molar-refractivity contribution is -0.143. The number of ether oxygens (including phenoxy) is 1. The minimum atomic E-state index is -4.98. The number of hydrogen-bond acceptors (Lipinski definition) is 4. The van der Waals surface area contributed by atoms with Gasteiger partial charge < -0.3 is 20.7 Å². The van der Waals surface area contributed by atoms with Crippen molar-refractivity contribution in [3.05, 3.63) is 77.5 Å². The van der Waals surface area contributed by atoms with Gasteiger partial charge in [-0.15, -0.1) is 0 Å². The summed E-state index contributed by atoms with van der Waals surface area (Å²) in [5.74, 6) is 0.162. The summed E-state index contributed by atoms with van der Waals surface area (Å²) < 4.78 is 83.8. The van der Waals surface area contributed by atoms with Crippen LogP contribution in [0.1, 0.15) is 21.5 Å². The number of pyridine rings is 1. The summed E-state index contributed by atoms with van der Waals surface area (Å²) in [6, 6.07) is 10.2. The van der Waals surface area contributed by atoms with Gasteiger partial charge in [0.2, 0.25) is 5.88 Å². The molecule has 0 bridgehead atoms. The lowest BCUT2D eigenvalue weighted by atomic mass is 10.1. The number of benzene rings is 2. The highest BCUT2D eigenvalue weighted by Crippen LogP contribution is 2.37. The van der Waals surface area contributed by atoms with E-state index >= 15 is 0 Å². The molecule has 13 heteroatoms. The molecular formula is C22H16F6N4O2S. The Kier molecular flexibility index (Phi) is 7.48. The molecule has 184 valence electrons. The highest BCUT2D eigenvalue weighted by Gasteiger charge is 2.37. The van der Waals surface area contributed by atoms with Crippen LogP contribution >= 0.6 is 12.2 Å². The topological polar surface area (TPSA) is 75.3 Å². The first-order chi connectivity index (χ1) is 16.3. The fourth-order valence-corrected chi connectivity index (χ4v) is 3.03. The predicted molar refractivity (Wildman–Crippen MR) is 120 cm³/mol. The van der Waals surface area contributed by atoms with Gasteiger partial charge in [0, 0.05) is 36.8 Å². The first-order valence-corrected chi connectivity index (χ1v) is 10.1. The summed E-state index contributed by atoms with van der Waals surface area (Å²) in [5, 5.41) is 7.21. The number of hydrogen-bond donors (Lipinski definition) is 3. The second-order valence-electron chi connectivity index (χ2n) is 6.97. The van der Waals surface area contributed by atoms with Crippen molar-refractivity contribution in [2.75, 3.05) is 17.7 Å². The minimum Gasteiger partial charge on any atom is -0.439 e. The molecule has 35 heavy (non-hydrogen) atoms. The zero-order valence-electron chi connectivity index (χ0n) is 17.7. The third-order valence-corrected chi connectivity index (χ3v) is 4.59. The number of amides is 1. The molecule has 0 aliphatic rings. The molecular weight excluding hydrogens is 498 g/mol. The maximum atomic E-state index is 13.0. The van der Waals surface area contributed by atoms with E-state index in [-0.39, 0.29) is 23.0 Å². The van der Waals surface area contributed by atoms with Gasteiger partial charge in [0.15, 0.2) is 5.11 Å². The number of alkyl halides is 6. The molecule has 0 spiro atoms. The molecule has 0 radical (unpaired) electrons. The van der Waals surface area contributed by atoms with Gasteiger partial charge in [-0.3, -0.25) is 4.79 Å². The molecule has 0 atom stereocenters. The van der Waals surface area contributed by atoms with Crippen LogP contribution in [0, 0.1) is 0 Å². The molecule has 0 fully saturated rings. The van der Waals surface area contributed by atoms with Crippen LogP contribution in [0.25, 0.3) is 0 Å². The van der Waals surface area contributed by atoms with E-state index in [9.17, 15) is 31.1 Å².